The largest absolute Gasteiger partial charge is 0.480 e. The summed E-state index contributed by atoms with van der Waals surface area (Å²) in [5.74, 6) is -0.471. The number of carbonyl (C=O) groups excluding carboxylic acids is 1. The van der Waals surface area contributed by atoms with Crippen LogP contribution in [0.3, 0.4) is 0 Å². The van der Waals surface area contributed by atoms with Crippen LogP contribution in [-0.2, 0) is 4.79 Å². The van der Waals surface area contributed by atoms with Crippen molar-refractivity contribution in [2.24, 2.45) is 0 Å². The lowest BCUT2D eigenvalue weighted by molar-refractivity contribution is -0.138. The minimum atomic E-state index is -0.804. The lowest BCUT2D eigenvalue weighted by Gasteiger charge is -2.35. The van der Waals surface area contributed by atoms with E-state index in [0.717, 1.165) is 43.8 Å². The highest BCUT2D eigenvalue weighted by atomic mass is 32.1. The first-order valence-corrected chi connectivity index (χ1v) is 9.61. The number of piperidine rings is 2. The van der Waals surface area contributed by atoms with Crippen molar-refractivity contribution in [2.45, 2.75) is 37.6 Å². The molecule has 138 valence electrons. The molecule has 25 heavy (non-hydrogen) atoms. The fourth-order valence-corrected chi connectivity index (χ4v) is 4.52. The summed E-state index contributed by atoms with van der Waals surface area (Å²) in [4.78, 5) is 27.2. The second kappa shape index (κ2) is 8.20. The number of likely N-dealkylation sites (tertiary alicyclic amines) is 1. The third kappa shape index (κ3) is 4.53. The zero-order valence-corrected chi connectivity index (χ0v) is 15.3. The van der Waals surface area contributed by atoms with Crippen molar-refractivity contribution in [3.63, 3.8) is 0 Å². The highest BCUT2D eigenvalue weighted by Gasteiger charge is 2.29. The number of nitrogens with one attached hydrogen (secondary N) is 1. The molecule has 0 spiro atoms. The van der Waals surface area contributed by atoms with Gasteiger partial charge in [0, 0.05) is 32.1 Å². The van der Waals surface area contributed by atoms with E-state index in [4.69, 9.17) is 5.11 Å². The van der Waals surface area contributed by atoms with E-state index in [1.165, 1.54) is 11.3 Å². The van der Waals surface area contributed by atoms with Gasteiger partial charge < -0.3 is 15.3 Å². The number of carboxylic acids is 1. The summed E-state index contributed by atoms with van der Waals surface area (Å²) in [7, 11) is 1.81. The van der Waals surface area contributed by atoms with Crippen molar-refractivity contribution in [3.05, 3.63) is 10.0 Å². The van der Waals surface area contributed by atoms with Crippen LogP contribution in [0.15, 0.2) is 0 Å². The molecule has 2 saturated heterocycles. The summed E-state index contributed by atoms with van der Waals surface area (Å²) in [6, 6.07) is 0.128. The Bertz CT molecular complexity index is 609. The summed E-state index contributed by atoms with van der Waals surface area (Å²) in [5, 5.41) is 22.0. The van der Waals surface area contributed by atoms with Crippen LogP contribution in [0.5, 0.6) is 0 Å². The first kappa shape index (κ1) is 18.2. The molecule has 0 aliphatic carbocycles. The van der Waals surface area contributed by atoms with Crippen LogP contribution in [0, 0.1) is 0 Å². The van der Waals surface area contributed by atoms with Crippen molar-refractivity contribution in [1.82, 2.24) is 25.3 Å². The summed E-state index contributed by atoms with van der Waals surface area (Å²) < 4.78 is 0. The number of rotatable bonds is 5. The molecule has 2 aliphatic rings. The monoisotopic (exact) mass is 367 g/mol. The Kier molecular flexibility index (Phi) is 5.98. The Morgan fingerprint density at radius 2 is 1.92 bits per heavy atom. The lowest BCUT2D eigenvalue weighted by atomic mass is 9.99. The van der Waals surface area contributed by atoms with E-state index in [1.54, 1.807) is 4.90 Å². The number of amides is 1. The molecule has 2 fully saturated rings. The van der Waals surface area contributed by atoms with Crippen molar-refractivity contribution >= 4 is 23.2 Å². The number of carboxylic acid groups (broad SMARTS) is 1. The van der Waals surface area contributed by atoms with Gasteiger partial charge in [0.05, 0.1) is 6.54 Å². The molecule has 3 heterocycles. The summed E-state index contributed by atoms with van der Waals surface area (Å²) in [5.41, 5.74) is 0. The smallest absolute Gasteiger partial charge is 0.317 e. The minimum absolute atomic E-state index is 0.0698. The van der Waals surface area contributed by atoms with E-state index in [0.29, 0.717) is 24.0 Å². The predicted octanol–water partition coefficient (Wildman–Crippen LogP) is 0.626. The molecule has 1 aromatic rings. The molecule has 8 nitrogen and oxygen atoms in total. The van der Waals surface area contributed by atoms with Gasteiger partial charge in [-0.1, -0.05) is 11.3 Å². The molecule has 2 N–H and O–H groups in total. The van der Waals surface area contributed by atoms with Crippen LogP contribution in [0.4, 0.5) is 0 Å². The van der Waals surface area contributed by atoms with Crippen LogP contribution in [-0.4, -0.2) is 82.8 Å². The highest BCUT2D eigenvalue weighted by molar-refractivity contribution is 7.13. The topological polar surface area (TPSA) is 98.7 Å². The third-order valence-electron chi connectivity index (χ3n) is 5.10. The normalized spacial score (nSPS) is 20.5. The van der Waals surface area contributed by atoms with Crippen molar-refractivity contribution in [3.8, 4) is 0 Å². The van der Waals surface area contributed by atoms with E-state index in [2.05, 4.69) is 15.5 Å². The molecule has 0 unspecified atom stereocenters. The Morgan fingerprint density at radius 3 is 2.56 bits per heavy atom. The van der Waals surface area contributed by atoms with Gasteiger partial charge in [0.2, 0.25) is 5.01 Å². The SMILES string of the molecule is CN(C(=O)c1nnc(C2CCNCC2)s1)C1CCN(CC(=O)O)CC1. The van der Waals surface area contributed by atoms with Gasteiger partial charge in [0.1, 0.15) is 5.01 Å². The van der Waals surface area contributed by atoms with E-state index in [1.807, 2.05) is 11.9 Å². The summed E-state index contributed by atoms with van der Waals surface area (Å²) in [6.45, 7) is 3.45. The summed E-state index contributed by atoms with van der Waals surface area (Å²) in [6.07, 6.45) is 3.66. The molecule has 9 heteroatoms. The number of carbonyl (C=O) groups is 2. The van der Waals surface area contributed by atoms with E-state index in [9.17, 15) is 9.59 Å². The lowest BCUT2D eigenvalue weighted by Crippen LogP contribution is -2.46. The first-order valence-electron chi connectivity index (χ1n) is 8.80. The number of nitrogens with zero attached hydrogens (tertiary/aromatic N) is 4. The van der Waals surface area contributed by atoms with Gasteiger partial charge in [-0.25, -0.2) is 0 Å². The Balaban J connectivity index is 1.56. The van der Waals surface area contributed by atoms with Gasteiger partial charge in [-0.3, -0.25) is 14.5 Å². The number of hydrogen-bond donors (Lipinski definition) is 2. The molecule has 0 bridgehead atoms. The van der Waals surface area contributed by atoms with Crippen LogP contribution in [0.1, 0.15) is 46.4 Å². The molecule has 3 rings (SSSR count). The highest BCUT2D eigenvalue weighted by Crippen LogP contribution is 2.28. The average Bonchev–Trinajstić information content (AvgIpc) is 3.11. The number of aliphatic carboxylic acids is 1. The Hall–Kier alpha value is -1.58. The molecular weight excluding hydrogens is 342 g/mol. The van der Waals surface area contributed by atoms with Gasteiger partial charge in [0.25, 0.3) is 5.91 Å². The van der Waals surface area contributed by atoms with E-state index in [-0.39, 0.29) is 18.5 Å². The third-order valence-corrected chi connectivity index (χ3v) is 6.17. The van der Waals surface area contributed by atoms with Crippen LogP contribution in [0.2, 0.25) is 0 Å². The molecule has 1 amide bonds. The maximum atomic E-state index is 12.7. The van der Waals surface area contributed by atoms with Crippen LogP contribution >= 0.6 is 11.3 Å². The zero-order chi connectivity index (χ0) is 17.8. The van der Waals surface area contributed by atoms with Crippen molar-refractivity contribution in [1.29, 1.82) is 0 Å². The fraction of sp³-hybridized carbons (Fsp3) is 0.750. The van der Waals surface area contributed by atoms with Gasteiger partial charge in [0.15, 0.2) is 0 Å². The first-order chi connectivity index (χ1) is 12.0. The molecule has 1 aromatic heterocycles. The van der Waals surface area contributed by atoms with Gasteiger partial charge in [-0.2, -0.15) is 0 Å². The van der Waals surface area contributed by atoms with E-state index < -0.39 is 5.97 Å². The van der Waals surface area contributed by atoms with Crippen LogP contribution in [0.25, 0.3) is 0 Å². The molecule has 2 aliphatic heterocycles. The van der Waals surface area contributed by atoms with Gasteiger partial charge in [-0.15, -0.1) is 10.2 Å². The quantitative estimate of drug-likeness (QED) is 0.787. The molecule has 0 atom stereocenters. The number of hydrogen-bond acceptors (Lipinski definition) is 7. The van der Waals surface area contributed by atoms with Crippen molar-refractivity contribution < 1.29 is 14.7 Å². The van der Waals surface area contributed by atoms with Gasteiger partial charge >= 0.3 is 5.97 Å². The summed E-state index contributed by atoms with van der Waals surface area (Å²) >= 11 is 1.42. The predicted molar refractivity (Wildman–Crippen MR) is 93.9 cm³/mol. The van der Waals surface area contributed by atoms with E-state index >= 15 is 0 Å². The molecular formula is C16H25N5O3S. The average molecular weight is 367 g/mol. The van der Waals surface area contributed by atoms with Crippen molar-refractivity contribution in [2.75, 3.05) is 39.8 Å². The standard InChI is InChI=1S/C16H25N5O3S/c1-20(12-4-8-21(9-5-12)10-13(22)23)16(24)15-19-18-14(25-15)11-2-6-17-7-3-11/h11-12,17H,2-10H2,1H3,(H,22,23). The number of aromatic nitrogens is 2. The second-order valence-electron chi connectivity index (χ2n) is 6.79. The second-order valence-corrected chi connectivity index (χ2v) is 7.80. The van der Waals surface area contributed by atoms with Crippen LogP contribution < -0.4 is 5.32 Å². The maximum absolute atomic E-state index is 12.7. The molecule has 0 saturated carbocycles. The molecule has 0 aromatic carbocycles. The molecule has 0 radical (unpaired) electrons. The Morgan fingerprint density at radius 1 is 1.24 bits per heavy atom. The minimum Gasteiger partial charge on any atom is -0.480 e. The fourth-order valence-electron chi connectivity index (χ4n) is 3.53. The van der Waals surface area contributed by atoms with Gasteiger partial charge in [-0.05, 0) is 38.8 Å². The Labute approximate surface area is 151 Å². The maximum Gasteiger partial charge on any atom is 0.317 e. The zero-order valence-electron chi connectivity index (χ0n) is 14.5.